The largest absolute Gasteiger partial charge is 0.444 e. The second kappa shape index (κ2) is 15.7. The van der Waals surface area contributed by atoms with Gasteiger partial charge in [-0.2, -0.15) is 0 Å². The Hall–Kier alpha value is -4.95. The standard InChI is InChI=1S/C38H48N6O7S/c1-23-7-17-29(52(49,50)44(5)6)21-31(23)26-12-8-24(9-13-26)19-33(36(47)40-28-16-18-30-32(20-28)42-43-35(30)46)41-34(45)27-14-10-25(11-15-27)22-39-37(48)51-38(2,3)4/h7-9,12-13,16-18,20-21,25,27,33H,10-11,14-15,19,22H2,1-6H3,(H,39,48)(H,40,47)(H,41,45)(H2,42,43,46)/t25?,27?,33-/m0/s1. The number of ether oxygens (including phenoxy) is 1. The molecule has 5 rings (SSSR count). The summed E-state index contributed by atoms with van der Waals surface area (Å²) < 4.78 is 32.1. The quantitative estimate of drug-likeness (QED) is 0.143. The highest BCUT2D eigenvalue weighted by atomic mass is 32.2. The van der Waals surface area contributed by atoms with E-state index in [1.165, 1.54) is 18.4 Å². The SMILES string of the molecule is Cc1ccc(S(=O)(=O)N(C)C)cc1-c1ccc(C[C@H](NC(=O)C2CCC(CNC(=O)OC(C)(C)C)CC2)C(=O)Nc2ccc3c(=O)[nH][nH]c3c2)cc1. The van der Waals surface area contributed by atoms with Crippen LogP contribution >= 0.6 is 0 Å². The molecule has 0 radical (unpaired) electrons. The van der Waals surface area contributed by atoms with Crippen molar-refractivity contribution in [3.63, 3.8) is 0 Å². The van der Waals surface area contributed by atoms with E-state index in [1.54, 1.807) is 36.4 Å². The zero-order chi connectivity index (χ0) is 37.8. The summed E-state index contributed by atoms with van der Waals surface area (Å²) in [6, 6.07) is 16.5. The van der Waals surface area contributed by atoms with Crippen LogP contribution in [0.15, 0.2) is 70.4 Å². The third-order valence-electron chi connectivity index (χ3n) is 9.32. The van der Waals surface area contributed by atoms with Crippen molar-refractivity contribution < 1.29 is 27.5 Å². The summed E-state index contributed by atoms with van der Waals surface area (Å²) in [5.74, 6) is -0.695. The molecular weight excluding hydrogens is 685 g/mol. The van der Waals surface area contributed by atoms with Crippen LogP contribution in [0.25, 0.3) is 22.0 Å². The molecule has 278 valence electrons. The van der Waals surface area contributed by atoms with Gasteiger partial charge in [0.2, 0.25) is 21.8 Å². The number of aryl methyl sites for hydroxylation is 1. The number of rotatable bonds is 11. The molecule has 1 saturated carbocycles. The highest BCUT2D eigenvalue weighted by Crippen LogP contribution is 2.30. The molecular formula is C38H48N6O7S. The molecule has 1 heterocycles. The molecule has 3 amide bonds. The fourth-order valence-corrected chi connectivity index (χ4v) is 7.28. The summed E-state index contributed by atoms with van der Waals surface area (Å²) in [6.45, 7) is 7.81. The van der Waals surface area contributed by atoms with Crippen molar-refractivity contribution in [1.29, 1.82) is 0 Å². The van der Waals surface area contributed by atoms with Crippen LogP contribution in [0.3, 0.4) is 0 Å². The lowest BCUT2D eigenvalue weighted by Gasteiger charge is -2.29. The van der Waals surface area contributed by atoms with Crippen LogP contribution in [0.5, 0.6) is 0 Å². The average Bonchev–Trinajstić information content (AvgIpc) is 3.46. The van der Waals surface area contributed by atoms with Gasteiger partial charge < -0.3 is 20.7 Å². The maximum absolute atomic E-state index is 13.8. The summed E-state index contributed by atoms with van der Waals surface area (Å²) in [6.07, 6.45) is 2.47. The second-order valence-corrected chi connectivity index (χ2v) is 16.8. The molecule has 4 aromatic rings. The molecule has 1 aromatic heterocycles. The van der Waals surface area contributed by atoms with Crippen LogP contribution in [-0.2, 0) is 30.8 Å². The van der Waals surface area contributed by atoms with Crippen LogP contribution in [-0.4, -0.2) is 73.1 Å². The average molecular weight is 733 g/mol. The fourth-order valence-electron chi connectivity index (χ4n) is 6.35. The van der Waals surface area contributed by atoms with Crippen molar-refractivity contribution in [3.8, 4) is 11.1 Å². The number of benzene rings is 3. The van der Waals surface area contributed by atoms with Gasteiger partial charge in [-0.1, -0.05) is 30.3 Å². The molecule has 14 heteroatoms. The van der Waals surface area contributed by atoms with E-state index in [9.17, 15) is 27.6 Å². The van der Waals surface area contributed by atoms with Gasteiger partial charge in [-0.25, -0.2) is 17.5 Å². The zero-order valence-corrected chi connectivity index (χ0v) is 31.3. The Morgan fingerprint density at radius 2 is 1.63 bits per heavy atom. The number of sulfonamides is 1. The molecule has 52 heavy (non-hydrogen) atoms. The molecule has 1 aliphatic rings. The Labute approximate surface area is 303 Å². The minimum atomic E-state index is -3.62. The van der Waals surface area contributed by atoms with E-state index >= 15 is 0 Å². The number of aromatic amines is 2. The van der Waals surface area contributed by atoms with Crippen LogP contribution in [0, 0.1) is 18.8 Å². The predicted molar refractivity (Wildman–Crippen MR) is 200 cm³/mol. The number of nitrogens with zero attached hydrogens (tertiary/aromatic N) is 1. The predicted octanol–water partition coefficient (Wildman–Crippen LogP) is 5.08. The summed E-state index contributed by atoms with van der Waals surface area (Å²) in [5, 5.41) is 14.5. The molecule has 0 aliphatic heterocycles. The molecule has 0 saturated heterocycles. The van der Waals surface area contributed by atoms with Gasteiger partial charge in [0, 0.05) is 38.7 Å². The van der Waals surface area contributed by atoms with E-state index in [4.69, 9.17) is 4.74 Å². The topological polar surface area (TPSA) is 183 Å². The van der Waals surface area contributed by atoms with Crippen LogP contribution < -0.4 is 21.5 Å². The van der Waals surface area contributed by atoms with Gasteiger partial charge >= 0.3 is 6.09 Å². The number of amides is 3. The molecule has 3 aromatic carbocycles. The Morgan fingerprint density at radius 3 is 2.29 bits per heavy atom. The van der Waals surface area contributed by atoms with Gasteiger partial charge in [0.1, 0.15) is 11.6 Å². The van der Waals surface area contributed by atoms with Gasteiger partial charge in [0.05, 0.1) is 15.8 Å². The monoisotopic (exact) mass is 732 g/mol. The molecule has 13 nitrogen and oxygen atoms in total. The van der Waals surface area contributed by atoms with E-state index in [0.717, 1.165) is 35.1 Å². The first-order chi connectivity index (χ1) is 24.5. The van der Waals surface area contributed by atoms with E-state index in [2.05, 4.69) is 26.1 Å². The first kappa shape index (κ1) is 38.3. The zero-order valence-electron chi connectivity index (χ0n) is 30.5. The minimum absolute atomic E-state index is 0.192. The number of carbonyl (C=O) groups is 3. The molecule has 0 bridgehead atoms. The third kappa shape index (κ3) is 9.48. The normalized spacial score (nSPS) is 17.1. The lowest BCUT2D eigenvalue weighted by molar-refractivity contribution is -0.130. The van der Waals surface area contributed by atoms with Gasteiger partial charge in [0.25, 0.3) is 5.56 Å². The van der Waals surface area contributed by atoms with Gasteiger partial charge in [0.15, 0.2) is 0 Å². The smallest absolute Gasteiger partial charge is 0.407 e. The number of fused-ring (bicyclic) bond motifs is 1. The molecule has 0 spiro atoms. The number of aromatic nitrogens is 2. The first-order valence-electron chi connectivity index (χ1n) is 17.4. The number of anilines is 1. The highest BCUT2D eigenvalue weighted by molar-refractivity contribution is 7.89. The van der Waals surface area contributed by atoms with Crippen molar-refractivity contribution >= 4 is 44.5 Å². The van der Waals surface area contributed by atoms with Crippen LogP contribution in [0.1, 0.15) is 57.6 Å². The Morgan fingerprint density at radius 1 is 0.942 bits per heavy atom. The van der Waals surface area contributed by atoms with Crippen molar-refractivity contribution in [2.45, 2.75) is 76.3 Å². The van der Waals surface area contributed by atoms with E-state index in [1.807, 2.05) is 52.0 Å². The van der Waals surface area contributed by atoms with Crippen molar-refractivity contribution in [1.82, 2.24) is 25.1 Å². The molecule has 0 unspecified atom stereocenters. The number of carbonyl (C=O) groups excluding carboxylic acids is 3. The molecule has 1 atom stereocenters. The van der Waals surface area contributed by atoms with E-state index < -0.39 is 33.7 Å². The van der Waals surface area contributed by atoms with Crippen LogP contribution in [0.2, 0.25) is 0 Å². The van der Waals surface area contributed by atoms with Gasteiger partial charge in [-0.3, -0.25) is 24.6 Å². The maximum Gasteiger partial charge on any atom is 0.407 e. The fraction of sp³-hybridized carbons (Fsp3) is 0.421. The lowest BCUT2D eigenvalue weighted by atomic mass is 9.81. The molecule has 1 aliphatic carbocycles. The molecule has 5 N–H and O–H groups in total. The maximum atomic E-state index is 13.8. The Balaban J connectivity index is 1.30. The first-order valence-corrected chi connectivity index (χ1v) is 18.8. The number of hydrogen-bond donors (Lipinski definition) is 5. The summed E-state index contributed by atoms with van der Waals surface area (Å²) in [7, 11) is -0.640. The highest BCUT2D eigenvalue weighted by Gasteiger charge is 2.30. The third-order valence-corrected chi connectivity index (χ3v) is 11.1. The lowest BCUT2D eigenvalue weighted by Crippen LogP contribution is -2.48. The number of alkyl carbamates (subject to hydrolysis) is 1. The summed E-state index contributed by atoms with van der Waals surface area (Å²) in [4.78, 5) is 51.7. The van der Waals surface area contributed by atoms with Gasteiger partial charge in [-0.05, 0) is 112 Å². The number of nitrogens with one attached hydrogen (secondary N) is 5. The van der Waals surface area contributed by atoms with Crippen molar-refractivity contribution in [2.24, 2.45) is 11.8 Å². The second-order valence-electron chi connectivity index (χ2n) is 14.7. The number of hydrogen-bond acceptors (Lipinski definition) is 7. The van der Waals surface area contributed by atoms with E-state index in [0.29, 0.717) is 36.0 Å². The van der Waals surface area contributed by atoms with E-state index in [-0.39, 0.29) is 34.6 Å². The summed E-state index contributed by atoms with van der Waals surface area (Å²) in [5.41, 5.74) is 3.44. The Bertz CT molecular complexity index is 2090. The minimum Gasteiger partial charge on any atom is -0.444 e. The van der Waals surface area contributed by atoms with Crippen LogP contribution in [0.4, 0.5) is 10.5 Å². The van der Waals surface area contributed by atoms with Gasteiger partial charge in [-0.15, -0.1) is 0 Å². The number of H-pyrrole nitrogens is 2. The molecule has 1 fully saturated rings. The van der Waals surface area contributed by atoms with Crippen molar-refractivity contribution in [2.75, 3.05) is 26.0 Å². The summed E-state index contributed by atoms with van der Waals surface area (Å²) >= 11 is 0. The Kier molecular flexibility index (Phi) is 11.6. The van der Waals surface area contributed by atoms with Crippen molar-refractivity contribution in [3.05, 3.63) is 82.1 Å².